The van der Waals surface area contributed by atoms with Crippen LogP contribution in [-0.4, -0.2) is 36.9 Å². The summed E-state index contributed by atoms with van der Waals surface area (Å²) < 4.78 is 7.14. The first-order valence-corrected chi connectivity index (χ1v) is 5.96. The minimum absolute atomic E-state index is 0.00403. The van der Waals surface area contributed by atoms with E-state index in [0.717, 1.165) is 0 Å². The molecule has 18 heavy (non-hydrogen) atoms. The van der Waals surface area contributed by atoms with E-state index in [1.54, 1.807) is 4.68 Å². The molecule has 1 rings (SSSR count). The molecule has 0 fully saturated rings. The zero-order valence-electron chi connectivity index (χ0n) is 11.3. The smallest absolute Gasteiger partial charge is 0.305 e. The summed E-state index contributed by atoms with van der Waals surface area (Å²) in [4.78, 5) is 10.8. The van der Waals surface area contributed by atoms with Crippen LogP contribution in [0, 0.1) is 0 Å². The van der Waals surface area contributed by atoms with Crippen molar-refractivity contribution < 1.29 is 14.6 Å². The lowest BCUT2D eigenvalue weighted by atomic mass is 10.1. The number of aliphatic carboxylic acids is 1. The van der Waals surface area contributed by atoms with Crippen molar-refractivity contribution in [2.75, 3.05) is 0 Å². The fourth-order valence-corrected chi connectivity index (χ4v) is 1.48. The van der Waals surface area contributed by atoms with Crippen molar-refractivity contribution in [3.63, 3.8) is 0 Å². The van der Waals surface area contributed by atoms with Crippen LogP contribution in [0.5, 0.6) is 0 Å². The number of carbonyl (C=O) groups is 1. The summed E-state index contributed by atoms with van der Waals surface area (Å²) in [5.41, 5.74) is -0.286. The molecule has 0 spiro atoms. The average Bonchev–Trinajstić information content (AvgIpc) is 2.69. The van der Waals surface area contributed by atoms with Crippen LogP contribution in [-0.2, 0) is 16.1 Å². The van der Waals surface area contributed by atoms with Crippen molar-refractivity contribution in [3.05, 3.63) is 5.82 Å². The van der Waals surface area contributed by atoms with Crippen molar-refractivity contribution in [2.45, 2.75) is 58.8 Å². The maximum absolute atomic E-state index is 10.8. The Hall–Kier alpha value is -1.50. The summed E-state index contributed by atoms with van der Waals surface area (Å²) >= 11 is 0. The Kier molecular flexibility index (Phi) is 4.77. The second-order valence-corrected chi connectivity index (χ2v) is 5.10. The molecule has 0 radical (unpaired) electrons. The van der Waals surface area contributed by atoms with Crippen molar-refractivity contribution >= 4 is 5.97 Å². The van der Waals surface area contributed by atoms with E-state index in [0.29, 0.717) is 12.2 Å². The quantitative estimate of drug-likeness (QED) is 0.827. The van der Waals surface area contributed by atoms with Gasteiger partial charge in [-0.1, -0.05) is 6.92 Å². The van der Waals surface area contributed by atoms with E-state index in [4.69, 9.17) is 9.84 Å². The van der Waals surface area contributed by atoms with Crippen LogP contribution < -0.4 is 0 Å². The van der Waals surface area contributed by atoms with Gasteiger partial charge in [0.2, 0.25) is 0 Å². The molecule has 1 aromatic heterocycles. The summed E-state index contributed by atoms with van der Waals surface area (Å²) in [6.45, 7) is 8.00. The Morgan fingerprint density at radius 1 is 1.50 bits per heavy atom. The molecule has 0 aliphatic rings. The molecule has 0 saturated carbocycles. The van der Waals surface area contributed by atoms with Gasteiger partial charge in [-0.3, -0.25) is 4.79 Å². The van der Waals surface area contributed by atoms with Gasteiger partial charge in [-0.15, -0.1) is 5.10 Å². The SMILES string of the molecule is CCC(CC(=O)O)n1nnnc1COC(C)(C)C. The third kappa shape index (κ3) is 4.40. The second kappa shape index (κ2) is 5.90. The minimum Gasteiger partial charge on any atom is -0.481 e. The highest BCUT2D eigenvalue weighted by Gasteiger charge is 2.20. The van der Waals surface area contributed by atoms with E-state index >= 15 is 0 Å². The molecule has 102 valence electrons. The molecular formula is C11H20N4O3. The Balaban J connectivity index is 2.77. The molecule has 0 aliphatic heterocycles. The Bertz CT molecular complexity index is 397. The zero-order valence-corrected chi connectivity index (χ0v) is 11.3. The topological polar surface area (TPSA) is 90.1 Å². The molecule has 7 heteroatoms. The highest BCUT2D eigenvalue weighted by molar-refractivity contribution is 5.67. The van der Waals surface area contributed by atoms with Gasteiger partial charge < -0.3 is 9.84 Å². The number of tetrazole rings is 1. The van der Waals surface area contributed by atoms with Gasteiger partial charge in [0.05, 0.1) is 18.1 Å². The predicted molar refractivity (Wildman–Crippen MR) is 63.9 cm³/mol. The van der Waals surface area contributed by atoms with E-state index in [-0.39, 0.29) is 24.7 Å². The summed E-state index contributed by atoms with van der Waals surface area (Å²) in [7, 11) is 0. The average molecular weight is 256 g/mol. The number of ether oxygens (including phenoxy) is 1. The Morgan fingerprint density at radius 3 is 2.67 bits per heavy atom. The number of nitrogens with zero attached hydrogens (tertiary/aromatic N) is 4. The fraction of sp³-hybridized carbons (Fsp3) is 0.818. The zero-order chi connectivity index (χ0) is 13.8. The summed E-state index contributed by atoms with van der Waals surface area (Å²) in [6, 6.07) is -0.240. The van der Waals surface area contributed by atoms with Gasteiger partial charge in [-0.05, 0) is 37.6 Å². The summed E-state index contributed by atoms with van der Waals surface area (Å²) in [5.74, 6) is -0.307. The first-order chi connectivity index (χ1) is 8.33. The summed E-state index contributed by atoms with van der Waals surface area (Å²) in [5, 5.41) is 20.2. The third-order valence-electron chi connectivity index (χ3n) is 2.42. The lowest BCUT2D eigenvalue weighted by Crippen LogP contribution is -2.22. The molecule has 1 atom stereocenters. The standard InChI is InChI=1S/C11H20N4O3/c1-5-8(6-10(16)17)15-9(12-13-14-15)7-18-11(2,3)4/h8H,5-7H2,1-4H3,(H,16,17). The third-order valence-corrected chi connectivity index (χ3v) is 2.42. The van der Waals surface area contributed by atoms with E-state index in [9.17, 15) is 4.79 Å². The van der Waals surface area contributed by atoms with Crippen LogP contribution in [0.25, 0.3) is 0 Å². The van der Waals surface area contributed by atoms with Crippen LogP contribution in [0.3, 0.4) is 0 Å². The normalized spacial score (nSPS) is 13.6. The van der Waals surface area contributed by atoms with Gasteiger partial charge in [-0.25, -0.2) is 4.68 Å². The first-order valence-electron chi connectivity index (χ1n) is 5.96. The maximum Gasteiger partial charge on any atom is 0.305 e. The van der Waals surface area contributed by atoms with E-state index in [1.807, 2.05) is 27.7 Å². The predicted octanol–water partition coefficient (Wildman–Crippen LogP) is 1.41. The number of hydrogen-bond donors (Lipinski definition) is 1. The summed E-state index contributed by atoms with van der Waals surface area (Å²) in [6.07, 6.45) is 0.657. The fourth-order valence-electron chi connectivity index (χ4n) is 1.48. The molecule has 7 nitrogen and oxygen atoms in total. The van der Waals surface area contributed by atoms with Crippen LogP contribution in [0.1, 0.15) is 52.4 Å². The lowest BCUT2D eigenvalue weighted by molar-refractivity contribution is -0.138. The van der Waals surface area contributed by atoms with Crippen molar-refractivity contribution in [1.29, 1.82) is 0 Å². The molecule has 1 aromatic rings. The van der Waals surface area contributed by atoms with Crippen LogP contribution >= 0.6 is 0 Å². The number of hydrogen-bond acceptors (Lipinski definition) is 5. The molecule has 0 saturated heterocycles. The minimum atomic E-state index is -0.861. The molecule has 1 heterocycles. The molecular weight excluding hydrogens is 236 g/mol. The first kappa shape index (κ1) is 14.6. The van der Waals surface area contributed by atoms with Crippen molar-refractivity contribution in [3.8, 4) is 0 Å². The van der Waals surface area contributed by atoms with Crippen LogP contribution in [0.2, 0.25) is 0 Å². The lowest BCUT2D eigenvalue weighted by Gasteiger charge is -2.20. The molecule has 0 amide bonds. The molecule has 0 aromatic carbocycles. The van der Waals surface area contributed by atoms with Crippen LogP contribution in [0.15, 0.2) is 0 Å². The molecule has 1 N–H and O–H groups in total. The highest BCUT2D eigenvalue weighted by Crippen LogP contribution is 2.17. The van der Waals surface area contributed by atoms with Gasteiger partial charge >= 0.3 is 5.97 Å². The second-order valence-electron chi connectivity index (χ2n) is 5.10. The van der Waals surface area contributed by atoms with E-state index < -0.39 is 5.97 Å². The monoisotopic (exact) mass is 256 g/mol. The van der Waals surface area contributed by atoms with Gasteiger partial charge in [0.25, 0.3) is 0 Å². The van der Waals surface area contributed by atoms with E-state index in [1.165, 1.54) is 0 Å². The largest absolute Gasteiger partial charge is 0.481 e. The Morgan fingerprint density at radius 2 is 2.17 bits per heavy atom. The van der Waals surface area contributed by atoms with Gasteiger partial charge in [0, 0.05) is 0 Å². The highest BCUT2D eigenvalue weighted by atomic mass is 16.5. The molecule has 0 aliphatic carbocycles. The Labute approximate surface area is 106 Å². The number of aromatic nitrogens is 4. The van der Waals surface area contributed by atoms with Gasteiger partial charge in [0.15, 0.2) is 5.82 Å². The van der Waals surface area contributed by atoms with Gasteiger partial charge in [-0.2, -0.15) is 0 Å². The van der Waals surface area contributed by atoms with Gasteiger partial charge in [0.1, 0.15) is 6.61 Å². The molecule has 0 bridgehead atoms. The van der Waals surface area contributed by atoms with Crippen molar-refractivity contribution in [2.24, 2.45) is 0 Å². The number of carboxylic acids is 1. The van der Waals surface area contributed by atoms with Crippen LogP contribution in [0.4, 0.5) is 0 Å². The van der Waals surface area contributed by atoms with Crippen molar-refractivity contribution in [1.82, 2.24) is 20.2 Å². The molecule has 1 unspecified atom stereocenters. The number of rotatable bonds is 6. The van der Waals surface area contributed by atoms with E-state index in [2.05, 4.69) is 15.5 Å². The number of carboxylic acid groups (broad SMARTS) is 1. The maximum atomic E-state index is 10.8.